The van der Waals surface area contributed by atoms with E-state index in [0.29, 0.717) is 12.3 Å². The van der Waals surface area contributed by atoms with Gasteiger partial charge in [-0.2, -0.15) is 0 Å². The van der Waals surface area contributed by atoms with Gasteiger partial charge in [-0.25, -0.2) is 0 Å². The largest absolute Gasteiger partial charge is 0.350 e. The van der Waals surface area contributed by atoms with Crippen molar-refractivity contribution in [3.8, 4) is 0 Å². The van der Waals surface area contributed by atoms with Crippen LogP contribution < -0.4 is 5.32 Å². The fourth-order valence-corrected chi connectivity index (χ4v) is 2.04. The molecule has 0 aromatic heterocycles. The lowest BCUT2D eigenvalue weighted by Gasteiger charge is -2.23. The van der Waals surface area contributed by atoms with E-state index in [1.807, 2.05) is 6.08 Å². The number of amides is 1. The second-order valence-electron chi connectivity index (χ2n) is 3.60. The van der Waals surface area contributed by atoms with Crippen LogP contribution in [-0.2, 0) is 4.79 Å². The second kappa shape index (κ2) is 2.10. The molecule has 1 saturated carbocycles. The molecule has 1 spiro atoms. The van der Waals surface area contributed by atoms with Gasteiger partial charge in [0.05, 0.1) is 0 Å². The van der Waals surface area contributed by atoms with Crippen LogP contribution in [-0.4, -0.2) is 11.4 Å². The number of hydrogen-bond acceptors (Lipinski definition) is 1. The van der Waals surface area contributed by atoms with Gasteiger partial charge >= 0.3 is 0 Å². The highest BCUT2D eigenvalue weighted by atomic mass is 16.1. The van der Waals surface area contributed by atoms with Crippen molar-refractivity contribution in [3.63, 3.8) is 0 Å². The molecule has 11 heavy (non-hydrogen) atoms. The van der Waals surface area contributed by atoms with Gasteiger partial charge in [-0.05, 0) is 19.3 Å². The van der Waals surface area contributed by atoms with Crippen LogP contribution in [0.3, 0.4) is 0 Å². The minimum Gasteiger partial charge on any atom is -0.350 e. The Balaban J connectivity index is 2.05. The van der Waals surface area contributed by atoms with Crippen molar-refractivity contribution < 1.29 is 4.79 Å². The molecule has 1 aliphatic heterocycles. The molecule has 1 saturated heterocycles. The fraction of sp³-hybridized carbons (Fsp3) is 0.667. The van der Waals surface area contributed by atoms with Crippen LogP contribution in [0.25, 0.3) is 0 Å². The number of carbonyl (C=O) groups excluding carboxylic acids is 1. The summed E-state index contributed by atoms with van der Waals surface area (Å²) in [4.78, 5) is 11.0. The van der Waals surface area contributed by atoms with Gasteiger partial charge in [0.1, 0.15) is 0 Å². The Kier molecular flexibility index (Phi) is 1.31. The molecule has 0 aromatic rings. The predicted molar refractivity (Wildman–Crippen MR) is 43.0 cm³/mol. The maximum Gasteiger partial charge on any atom is 0.220 e. The van der Waals surface area contributed by atoms with Crippen molar-refractivity contribution in [1.29, 1.82) is 0 Å². The third-order valence-electron chi connectivity index (χ3n) is 2.83. The Labute approximate surface area is 66.7 Å². The molecule has 2 nitrogen and oxygen atoms in total. The van der Waals surface area contributed by atoms with Gasteiger partial charge in [0.25, 0.3) is 0 Å². The average molecular weight is 151 g/mol. The lowest BCUT2D eigenvalue weighted by atomic mass is 10.0. The van der Waals surface area contributed by atoms with Crippen LogP contribution >= 0.6 is 0 Å². The van der Waals surface area contributed by atoms with E-state index >= 15 is 0 Å². The Morgan fingerprint density at radius 2 is 2.55 bits per heavy atom. The molecular weight excluding hydrogens is 138 g/mol. The van der Waals surface area contributed by atoms with Gasteiger partial charge in [0.2, 0.25) is 5.91 Å². The summed E-state index contributed by atoms with van der Waals surface area (Å²) in [6, 6.07) is 0. The minimum atomic E-state index is 0.150. The molecule has 0 bridgehead atoms. The maximum atomic E-state index is 11.0. The topological polar surface area (TPSA) is 29.1 Å². The van der Waals surface area contributed by atoms with Crippen LogP contribution in [0.15, 0.2) is 12.7 Å². The SMILES string of the molecule is C=C[C@@H]1C[C@@]12CCCC(=O)N2. The van der Waals surface area contributed by atoms with Gasteiger partial charge in [-0.1, -0.05) is 6.08 Å². The van der Waals surface area contributed by atoms with Crippen LogP contribution in [0.4, 0.5) is 0 Å². The van der Waals surface area contributed by atoms with Crippen molar-refractivity contribution >= 4 is 5.91 Å². The van der Waals surface area contributed by atoms with E-state index in [4.69, 9.17) is 0 Å². The zero-order chi connectivity index (χ0) is 7.90. The molecule has 0 unspecified atom stereocenters. The van der Waals surface area contributed by atoms with Gasteiger partial charge in [-0.15, -0.1) is 6.58 Å². The van der Waals surface area contributed by atoms with E-state index in [9.17, 15) is 4.79 Å². The summed E-state index contributed by atoms with van der Waals surface area (Å²) in [6.07, 6.45) is 5.99. The first-order valence-corrected chi connectivity index (χ1v) is 4.20. The zero-order valence-electron chi connectivity index (χ0n) is 6.60. The number of carbonyl (C=O) groups is 1. The summed E-state index contributed by atoms with van der Waals surface area (Å²) in [5.74, 6) is 0.771. The highest BCUT2D eigenvalue weighted by molar-refractivity contribution is 5.78. The lowest BCUT2D eigenvalue weighted by Crippen LogP contribution is -2.42. The Bertz CT molecular complexity index is 212. The summed E-state index contributed by atoms with van der Waals surface area (Å²) in [5, 5.41) is 3.06. The van der Waals surface area contributed by atoms with E-state index in [0.717, 1.165) is 19.3 Å². The maximum absolute atomic E-state index is 11.0. The molecule has 1 aliphatic carbocycles. The minimum absolute atomic E-state index is 0.150. The first kappa shape index (κ1) is 6.89. The Morgan fingerprint density at radius 1 is 1.73 bits per heavy atom. The highest BCUT2D eigenvalue weighted by Crippen LogP contribution is 2.49. The molecule has 0 aromatic carbocycles. The number of piperidine rings is 1. The summed E-state index contributed by atoms with van der Waals surface area (Å²) in [6.45, 7) is 3.75. The zero-order valence-corrected chi connectivity index (χ0v) is 6.60. The molecule has 1 heterocycles. The number of nitrogens with one attached hydrogen (secondary N) is 1. The van der Waals surface area contributed by atoms with E-state index < -0.39 is 0 Å². The summed E-state index contributed by atoms with van der Waals surface area (Å²) >= 11 is 0. The van der Waals surface area contributed by atoms with Gasteiger partial charge in [-0.3, -0.25) is 4.79 Å². The van der Waals surface area contributed by atoms with Crippen LogP contribution in [0, 0.1) is 5.92 Å². The van der Waals surface area contributed by atoms with Crippen molar-refractivity contribution in [2.24, 2.45) is 5.92 Å². The molecule has 2 rings (SSSR count). The second-order valence-corrected chi connectivity index (χ2v) is 3.60. The standard InChI is InChI=1S/C9H13NO/c1-2-7-6-9(7)5-3-4-8(11)10-9/h2,7H,1,3-6H2,(H,10,11)/t7-,9+/m1/s1. The highest BCUT2D eigenvalue weighted by Gasteiger charge is 2.54. The molecular formula is C9H13NO. The van der Waals surface area contributed by atoms with Crippen molar-refractivity contribution in [2.75, 3.05) is 0 Å². The third kappa shape index (κ3) is 0.971. The monoisotopic (exact) mass is 151 g/mol. The quantitative estimate of drug-likeness (QED) is 0.561. The number of rotatable bonds is 1. The van der Waals surface area contributed by atoms with Crippen molar-refractivity contribution in [1.82, 2.24) is 5.32 Å². The number of hydrogen-bond donors (Lipinski definition) is 1. The molecule has 2 heteroatoms. The van der Waals surface area contributed by atoms with Crippen molar-refractivity contribution in [3.05, 3.63) is 12.7 Å². The van der Waals surface area contributed by atoms with Crippen LogP contribution in [0.1, 0.15) is 25.7 Å². The van der Waals surface area contributed by atoms with Crippen LogP contribution in [0.2, 0.25) is 0 Å². The molecule has 2 atom stereocenters. The van der Waals surface area contributed by atoms with Crippen molar-refractivity contribution in [2.45, 2.75) is 31.2 Å². The molecule has 0 radical (unpaired) electrons. The molecule has 2 aliphatic rings. The van der Waals surface area contributed by atoms with E-state index in [1.54, 1.807) is 0 Å². The summed E-state index contributed by atoms with van der Waals surface area (Å²) < 4.78 is 0. The predicted octanol–water partition coefficient (Wildman–Crippen LogP) is 1.23. The molecule has 60 valence electrons. The molecule has 2 fully saturated rings. The van der Waals surface area contributed by atoms with E-state index in [-0.39, 0.29) is 11.4 Å². The Hall–Kier alpha value is -0.790. The summed E-state index contributed by atoms with van der Waals surface area (Å²) in [7, 11) is 0. The lowest BCUT2D eigenvalue weighted by molar-refractivity contribution is -0.123. The molecule has 1 N–H and O–H groups in total. The smallest absolute Gasteiger partial charge is 0.220 e. The van der Waals surface area contributed by atoms with Gasteiger partial charge in [0.15, 0.2) is 0 Å². The van der Waals surface area contributed by atoms with Crippen LogP contribution in [0.5, 0.6) is 0 Å². The van der Waals surface area contributed by atoms with Gasteiger partial charge < -0.3 is 5.32 Å². The first-order valence-electron chi connectivity index (χ1n) is 4.20. The third-order valence-corrected chi connectivity index (χ3v) is 2.83. The van der Waals surface area contributed by atoms with E-state index in [1.165, 1.54) is 0 Å². The normalized spacial score (nSPS) is 41.8. The summed E-state index contributed by atoms with van der Waals surface area (Å²) in [5.41, 5.74) is 0.150. The first-order chi connectivity index (χ1) is 5.27. The molecule has 1 amide bonds. The Morgan fingerprint density at radius 3 is 3.09 bits per heavy atom. The average Bonchev–Trinajstić information content (AvgIpc) is 2.63. The fourth-order valence-electron chi connectivity index (χ4n) is 2.04. The van der Waals surface area contributed by atoms with E-state index in [2.05, 4.69) is 11.9 Å². The van der Waals surface area contributed by atoms with Gasteiger partial charge in [0, 0.05) is 17.9 Å².